The Hall–Kier alpha value is -1.49. The molecule has 2 nitrogen and oxygen atoms in total. The molecule has 1 aromatic carbocycles. The monoisotopic (exact) mass is 274 g/mol. The van der Waals surface area contributed by atoms with E-state index in [-0.39, 0.29) is 11.6 Å². The highest BCUT2D eigenvalue weighted by Crippen LogP contribution is 2.21. The van der Waals surface area contributed by atoms with Crippen molar-refractivity contribution >= 4 is 11.6 Å². The van der Waals surface area contributed by atoms with Crippen LogP contribution >= 0.6 is 11.6 Å². The largest absolute Gasteiger partial charge is 0.237 e. The lowest BCUT2D eigenvalue weighted by Gasteiger charge is -2.08. The van der Waals surface area contributed by atoms with Crippen molar-refractivity contribution in [3.05, 3.63) is 47.0 Å². The molecular formula is C12H10ClF3N2. The maximum Gasteiger partial charge on any atom is 0.194 e. The minimum absolute atomic E-state index is 0.139. The molecule has 0 atom stereocenters. The molecule has 0 bridgehead atoms. The quantitative estimate of drug-likeness (QED) is 0.618. The summed E-state index contributed by atoms with van der Waals surface area (Å²) in [5.74, 6) is -3.71. The second kappa shape index (κ2) is 5.02. The van der Waals surface area contributed by atoms with Crippen LogP contribution in [0.5, 0.6) is 0 Å². The lowest BCUT2D eigenvalue weighted by molar-refractivity contribution is 0.445. The zero-order chi connectivity index (χ0) is 13.3. The van der Waals surface area contributed by atoms with Crippen LogP contribution in [0.2, 0.25) is 0 Å². The average molecular weight is 275 g/mol. The van der Waals surface area contributed by atoms with Gasteiger partial charge in [0, 0.05) is 23.4 Å². The van der Waals surface area contributed by atoms with Crippen molar-refractivity contribution in [2.24, 2.45) is 0 Å². The van der Waals surface area contributed by atoms with Crippen LogP contribution in [0.15, 0.2) is 18.3 Å². The molecule has 2 aromatic rings. The Bertz CT molecular complexity index is 558. The van der Waals surface area contributed by atoms with E-state index < -0.39 is 17.5 Å². The molecule has 2 rings (SSSR count). The van der Waals surface area contributed by atoms with Crippen molar-refractivity contribution in [2.75, 3.05) is 0 Å². The summed E-state index contributed by atoms with van der Waals surface area (Å²) in [5.41, 5.74) is 1.67. The first kappa shape index (κ1) is 13.0. The lowest BCUT2D eigenvalue weighted by atomic mass is 10.2. The second-order valence-electron chi connectivity index (χ2n) is 3.74. The summed E-state index contributed by atoms with van der Waals surface area (Å²) in [7, 11) is 0. The summed E-state index contributed by atoms with van der Waals surface area (Å²) in [4.78, 5) is 0. The van der Waals surface area contributed by atoms with Crippen LogP contribution in [0.3, 0.4) is 0 Å². The van der Waals surface area contributed by atoms with E-state index in [0.717, 1.165) is 23.4 Å². The smallest absolute Gasteiger partial charge is 0.194 e. The first-order valence-corrected chi connectivity index (χ1v) is 5.88. The SMILES string of the molecule is CCc1c(CCl)cnn1-c1cc(F)c(F)c(F)c1. The molecule has 1 aromatic heterocycles. The summed E-state index contributed by atoms with van der Waals surface area (Å²) in [6.45, 7) is 1.87. The fraction of sp³-hybridized carbons (Fsp3) is 0.250. The number of benzene rings is 1. The highest BCUT2D eigenvalue weighted by atomic mass is 35.5. The van der Waals surface area contributed by atoms with Gasteiger partial charge in [-0.3, -0.25) is 0 Å². The predicted octanol–water partition coefficient (Wildman–Crippen LogP) is 3.59. The maximum absolute atomic E-state index is 13.2. The van der Waals surface area contributed by atoms with E-state index in [0.29, 0.717) is 6.42 Å². The molecule has 6 heteroatoms. The van der Waals surface area contributed by atoms with E-state index in [1.54, 1.807) is 0 Å². The van der Waals surface area contributed by atoms with E-state index in [2.05, 4.69) is 5.10 Å². The molecule has 0 radical (unpaired) electrons. The third-order valence-electron chi connectivity index (χ3n) is 2.65. The van der Waals surface area contributed by atoms with Gasteiger partial charge in [0.25, 0.3) is 0 Å². The van der Waals surface area contributed by atoms with Crippen molar-refractivity contribution in [3.63, 3.8) is 0 Å². The van der Waals surface area contributed by atoms with Crippen LogP contribution in [0, 0.1) is 17.5 Å². The van der Waals surface area contributed by atoms with Gasteiger partial charge in [0.15, 0.2) is 17.5 Å². The summed E-state index contributed by atoms with van der Waals surface area (Å²) in [6.07, 6.45) is 2.13. The Kier molecular flexibility index (Phi) is 3.61. The first-order chi connectivity index (χ1) is 8.58. The normalized spacial score (nSPS) is 10.9. The summed E-state index contributed by atoms with van der Waals surface area (Å²) in [5, 5.41) is 4.02. The average Bonchev–Trinajstić information content (AvgIpc) is 2.77. The highest BCUT2D eigenvalue weighted by molar-refractivity contribution is 6.17. The van der Waals surface area contributed by atoms with E-state index in [1.807, 2.05) is 6.92 Å². The maximum atomic E-state index is 13.2. The van der Waals surface area contributed by atoms with Crippen LogP contribution in [0.25, 0.3) is 5.69 Å². The number of halogens is 4. The van der Waals surface area contributed by atoms with E-state index in [4.69, 9.17) is 11.6 Å². The number of rotatable bonds is 3. The van der Waals surface area contributed by atoms with Gasteiger partial charge in [-0.15, -0.1) is 11.6 Å². The number of alkyl halides is 1. The van der Waals surface area contributed by atoms with Gasteiger partial charge in [0.1, 0.15) is 0 Å². The van der Waals surface area contributed by atoms with Crippen LogP contribution in [0.4, 0.5) is 13.2 Å². The fourth-order valence-corrected chi connectivity index (χ4v) is 2.01. The van der Waals surface area contributed by atoms with Crippen molar-refractivity contribution in [1.82, 2.24) is 9.78 Å². The Labute approximate surface area is 107 Å². The Morgan fingerprint density at radius 3 is 2.33 bits per heavy atom. The number of aromatic nitrogens is 2. The Morgan fingerprint density at radius 2 is 1.83 bits per heavy atom. The van der Waals surface area contributed by atoms with Crippen molar-refractivity contribution < 1.29 is 13.2 Å². The predicted molar refractivity (Wildman–Crippen MR) is 62.4 cm³/mol. The molecule has 0 aliphatic carbocycles. The molecule has 0 amide bonds. The molecule has 0 aliphatic heterocycles. The molecule has 0 N–H and O–H groups in total. The molecule has 1 heterocycles. The highest BCUT2D eigenvalue weighted by Gasteiger charge is 2.15. The summed E-state index contributed by atoms with van der Waals surface area (Å²) < 4.78 is 40.6. The molecule has 0 saturated carbocycles. The van der Waals surface area contributed by atoms with Crippen LogP contribution < -0.4 is 0 Å². The Morgan fingerprint density at radius 1 is 1.22 bits per heavy atom. The van der Waals surface area contributed by atoms with Crippen molar-refractivity contribution in [2.45, 2.75) is 19.2 Å². The number of nitrogens with zero attached hydrogens (tertiary/aromatic N) is 2. The van der Waals surface area contributed by atoms with Crippen molar-refractivity contribution in [1.29, 1.82) is 0 Å². The lowest BCUT2D eigenvalue weighted by Crippen LogP contribution is -2.05. The standard InChI is InChI=1S/C12H10ClF3N2/c1-2-11-7(5-13)6-17-18(11)8-3-9(14)12(16)10(15)4-8/h3-4,6H,2,5H2,1H3. The summed E-state index contributed by atoms with van der Waals surface area (Å²) in [6, 6.07) is 1.81. The van der Waals surface area contributed by atoms with Crippen LogP contribution in [-0.4, -0.2) is 9.78 Å². The Balaban J connectivity index is 2.58. The van der Waals surface area contributed by atoms with E-state index in [1.165, 1.54) is 10.9 Å². The third kappa shape index (κ3) is 2.10. The minimum atomic E-state index is -1.48. The van der Waals surface area contributed by atoms with Gasteiger partial charge in [-0.25, -0.2) is 17.9 Å². The van der Waals surface area contributed by atoms with Gasteiger partial charge in [-0.05, 0) is 6.42 Å². The van der Waals surface area contributed by atoms with Crippen molar-refractivity contribution in [3.8, 4) is 5.69 Å². The second-order valence-corrected chi connectivity index (χ2v) is 4.01. The number of hydrogen-bond acceptors (Lipinski definition) is 1. The molecule has 18 heavy (non-hydrogen) atoms. The molecule has 0 saturated heterocycles. The minimum Gasteiger partial charge on any atom is -0.237 e. The molecule has 0 aliphatic rings. The van der Waals surface area contributed by atoms with Gasteiger partial charge in [0.2, 0.25) is 0 Å². The van der Waals surface area contributed by atoms with Gasteiger partial charge >= 0.3 is 0 Å². The topological polar surface area (TPSA) is 17.8 Å². The molecule has 0 fully saturated rings. The zero-order valence-corrected chi connectivity index (χ0v) is 10.3. The van der Waals surface area contributed by atoms with Crippen LogP contribution in [0.1, 0.15) is 18.2 Å². The fourth-order valence-electron chi connectivity index (χ4n) is 1.78. The number of hydrogen-bond donors (Lipinski definition) is 0. The van der Waals surface area contributed by atoms with E-state index in [9.17, 15) is 13.2 Å². The molecule has 96 valence electrons. The van der Waals surface area contributed by atoms with E-state index >= 15 is 0 Å². The third-order valence-corrected chi connectivity index (χ3v) is 2.94. The molecule has 0 spiro atoms. The van der Waals surface area contributed by atoms with Gasteiger partial charge < -0.3 is 0 Å². The zero-order valence-electron chi connectivity index (χ0n) is 9.55. The van der Waals surface area contributed by atoms with Crippen LogP contribution in [-0.2, 0) is 12.3 Å². The summed E-state index contributed by atoms with van der Waals surface area (Å²) >= 11 is 5.74. The molecule has 0 unspecified atom stereocenters. The van der Waals surface area contributed by atoms with Gasteiger partial charge in [-0.1, -0.05) is 6.92 Å². The molecular weight excluding hydrogens is 265 g/mol. The van der Waals surface area contributed by atoms with Gasteiger partial charge in [0.05, 0.1) is 17.8 Å². The van der Waals surface area contributed by atoms with Gasteiger partial charge in [-0.2, -0.15) is 5.10 Å². The first-order valence-electron chi connectivity index (χ1n) is 5.35.